The highest BCUT2D eigenvalue weighted by Crippen LogP contribution is 2.49. The number of hydrogen-bond acceptors (Lipinski definition) is 2. The molecule has 2 aliphatic heterocycles. The predicted molar refractivity (Wildman–Crippen MR) is 118 cm³/mol. The van der Waals surface area contributed by atoms with E-state index in [1.54, 1.807) is 0 Å². The molecule has 1 N–H and O–H groups in total. The number of aromatic nitrogens is 1. The molecule has 3 aliphatic rings. The van der Waals surface area contributed by atoms with Gasteiger partial charge < -0.3 is 14.8 Å². The summed E-state index contributed by atoms with van der Waals surface area (Å²) in [5.74, 6) is 0.907. The molecule has 3 heterocycles. The second-order valence-corrected chi connectivity index (χ2v) is 9.68. The zero-order valence-electron chi connectivity index (χ0n) is 17.9. The van der Waals surface area contributed by atoms with E-state index in [0.717, 1.165) is 61.9 Å². The van der Waals surface area contributed by atoms with Gasteiger partial charge >= 0.3 is 0 Å². The molecule has 2 amide bonds. The summed E-state index contributed by atoms with van der Waals surface area (Å²) in [6, 6.07) is 8.03. The summed E-state index contributed by atoms with van der Waals surface area (Å²) in [6.07, 6.45) is 11.9. The Bertz CT molecular complexity index is 921. The molecular formula is C25H33N3O2. The van der Waals surface area contributed by atoms with Crippen molar-refractivity contribution in [2.45, 2.75) is 57.8 Å². The molecular weight excluding hydrogens is 374 g/mol. The van der Waals surface area contributed by atoms with Gasteiger partial charge in [-0.25, -0.2) is 0 Å². The maximum atomic E-state index is 13.5. The van der Waals surface area contributed by atoms with Crippen molar-refractivity contribution in [3.05, 3.63) is 36.0 Å². The Morgan fingerprint density at radius 3 is 2.57 bits per heavy atom. The Kier molecular flexibility index (Phi) is 5.30. The van der Waals surface area contributed by atoms with Crippen LogP contribution in [0.2, 0.25) is 0 Å². The average molecular weight is 408 g/mol. The number of likely N-dealkylation sites (tertiary alicyclic amines) is 2. The van der Waals surface area contributed by atoms with Crippen molar-refractivity contribution in [1.82, 2.24) is 14.8 Å². The Morgan fingerprint density at radius 1 is 1.00 bits per heavy atom. The first-order chi connectivity index (χ1) is 14.7. The van der Waals surface area contributed by atoms with Gasteiger partial charge in [0.25, 0.3) is 5.91 Å². The van der Waals surface area contributed by atoms with Gasteiger partial charge in [0.15, 0.2) is 0 Å². The van der Waals surface area contributed by atoms with E-state index in [1.165, 1.54) is 32.1 Å². The molecule has 1 aromatic carbocycles. The van der Waals surface area contributed by atoms with E-state index in [9.17, 15) is 9.59 Å². The SMILES string of the molecule is O=C(CCC1CN(C(=O)c2c[nH]c3ccccc23)CC12CCCCC2)N1CCCC1. The number of fused-ring (bicyclic) bond motifs is 1. The molecule has 1 saturated carbocycles. The molecule has 1 atom stereocenters. The van der Waals surface area contributed by atoms with Crippen molar-refractivity contribution in [3.63, 3.8) is 0 Å². The van der Waals surface area contributed by atoms with Crippen LogP contribution in [0.5, 0.6) is 0 Å². The lowest BCUT2D eigenvalue weighted by Crippen LogP contribution is -2.35. The van der Waals surface area contributed by atoms with Crippen LogP contribution in [-0.4, -0.2) is 52.8 Å². The third-order valence-corrected chi connectivity index (χ3v) is 7.93. The summed E-state index contributed by atoms with van der Waals surface area (Å²) < 4.78 is 0. The lowest BCUT2D eigenvalue weighted by Gasteiger charge is -2.38. The van der Waals surface area contributed by atoms with Crippen LogP contribution in [0.25, 0.3) is 10.9 Å². The third kappa shape index (κ3) is 3.52. The van der Waals surface area contributed by atoms with Crippen LogP contribution < -0.4 is 0 Å². The van der Waals surface area contributed by atoms with Crippen LogP contribution in [-0.2, 0) is 4.79 Å². The van der Waals surface area contributed by atoms with Crippen molar-refractivity contribution in [3.8, 4) is 0 Å². The topological polar surface area (TPSA) is 56.4 Å². The fourth-order valence-corrected chi connectivity index (χ4v) is 6.25. The van der Waals surface area contributed by atoms with Crippen molar-refractivity contribution < 1.29 is 9.59 Å². The van der Waals surface area contributed by atoms with Gasteiger partial charge in [-0.3, -0.25) is 9.59 Å². The number of H-pyrrole nitrogens is 1. The van der Waals surface area contributed by atoms with Crippen LogP contribution in [0.3, 0.4) is 0 Å². The Labute approximate surface area is 178 Å². The average Bonchev–Trinajstić information content (AvgIpc) is 3.51. The monoisotopic (exact) mass is 407 g/mol. The smallest absolute Gasteiger partial charge is 0.256 e. The minimum Gasteiger partial charge on any atom is -0.360 e. The lowest BCUT2D eigenvalue weighted by molar-refractivity contribution is -0.130. The highest BCUT2D eigenvalue weighted by molar-refractivity contribution is 6.06. The van der Waals surface area contributed by atoms with Crippen LogP contribution >= 0.6 is 0 Å². The summed E-state index contributed by atoms with van der Waals surface area (Å²) in [6.45, 7) is 3.51. The van der Waals surface area contributed by atoms with E-state index < -0.39 is 0 Å². The first-order valence-electron chi connectivity index (χ1n) is 11.8. The third-order valence-electron chi connectivity index (χ3n) is 7.93. The summed E-state index contributed by atoms with van der Waals surface area (Å²) in [7, 11) is 0. The largest absolute Gasteiger partial charge is 0.360 e. The summed E-state index contributed by atoms with van der Waals surface area (Å²) in [4.78, 5) is 33.5. The van der Waals surface area contributed by atoms with Crippen LogP contribution in [0, 0.1) is 11.3 Å². The molecule has 0 radical (unpaired) electrons. The van der Waals surface area contributed by atoms with Gasteiger partial charge in [-0.1, -0.05) is 37.5 Å². The molecule has 1 aliphatic carbocycles. The highest BCUT2D eigenvalue weighted by Gasteiger charge is 2.48. The Balaban J connectivity index is 1.33. The first kappa shape index (κ1) is 19.7. The number of benzene rings is 1. The number of para-hydroxylation sites is 1. The van der Waals surface area contributed by atoms with E-state index in [-0.39, 0.29) is 11.3 Å². The maximum Gasteiger partial charge on any atom is 0.256 e. The van der Waals surface area contributed by atoms with Crippen LogP contribution in [0.1, 0.15) is 68.1 Å². The highest BCUT2D eigenvalue weighted by atomic mass is 16.2. The molecule has 0 bridgehead atoms. The summed E-state index contributed by atoms with van der Waals surface area (Å²) >= 11 is 0. The second-order valence-electron chi connectivity index (χ2n) is 9.68. The number of amides is 2. The Hall–Kier alpha value is -2.30. The number of nitrogens with zero attached hydrogens (tertiary/aromatic N) is 2. The van der Waals surface area contributed by atoms with Crippen molar-refractivity contribution in [1.29, 1.82) is 0 Å². The van der Waals surface area contributed by atoms with Gasteiger partial charge in [0, 0.05) is 49.7 Å². The molecule has 160 valence electrons. The first-order valence-corrected chi connectivity index (χ1v) is 11.8. The minimum absolute atomic E-state index is 0.144. The second kappa shape index (κ2) is 8.09. The molecule has 3 fully saturated rings. The van der Waals surface area contributed by atoms with E-state index in [2.05, 4.69) is 9.88 Å². The van der Waals surface area contributed by atoms with Gasteiger partial charge in [0.2, 0.25) is 5.91 Å². The molecule has 5 rings (SSSR count). The number of nitrogens with one attached hydrogen (secondary N) is 1. The summed E-state index contributed by atoms with van der Waals surface area (Å²) in [5.41, 5.74) is 2.01. The fraction of sp³-hybridized carbons (Fsp3) is 0.600. The van der Waals surface area contributed by atoms with Crippen molar-refractivity contribution >= 4 is 22.7 Å². The van der Waals surface area contributed by atoms with Crippen LogP contribution in [0.4, 0.5) is 0 Å². The fourth-order valence-electron chi connectivity index (χ4n) is 6.25. The molecule has 2 aromatic rings. The normalized spacial score (nSPS) is 23.5. The van der Waals surface area contributed by atoms with Crippen molar-refractivity contribution in [2.75, 3.05) is 26.2 Å². The molecule has 5 heteroatoms. The van der Waals surface area contributed by atoms with Gasteiger partial charge in [-0.2, -0.15) is 0 Å². The number of carbonyl (C=O) groups is 2. The van der Waals surface area contributed by atoms with Gasteiger partial charge in [-0.05, 0) is 49.5 Å². The lowest BCUT2D eigenvalue weighted by atomic mass is 9.66. The number of hydrogen-bond donors (Lipinski definition) is 1. The summed E-state index contributed by atoms with van der Waals surface area (Å²) in [5, 5.41) is 1.01. The number of carbonyl (C=O) groups excluding carboxylic acids is 2. The number of aromatic amines is 1. The van der Waals surface area contributed by atoms with Gasteiger partial charge in [0.05, 0.1) is 5.56 Å². The quantitative estimate of drug-likeness (QED) is 0.806. The Morgan fingerprint density at radius 2 is 1.77 bits per heavy atom. The molecule has 5 nitrogen and oxygen atoms in total. The molecule has 30 heavy (non-hydrogen) atoms. The zero-order valence-corrected chi connectivity index (χ0v) is 17.9. The standard InChI is InChI=1S/C25H33N3O2/c29-23(27-14-6-7-15-27)11-10-19-17-28(18-25(19)12-4-1-5-13-25)24(30)21-16-26-22-9-3-2-8-20(21)22/h2-3,8-9,16,19,26H,1,4-7,10-15,17-18H2. The van der Waals surface area contributed by atoms with Crippen molar-refractivity contribution in [2.24, 2.45) is 11.3 Å². The molecule has 2 saturated heterocycles. The maximum absolute atomic E-state index is 13.5. The van der Waals surface area contributed by atoms with E-state index in [4.69, 9.17) is 0 Å². The molecule has 1 aromatic heterocycles. The molecule has 1 unspecified atom stereocenters. The van der Waals surface area contributed by atoms with E-state index in [1.807, 2.05) is 35.4 Å². The zero-order chi connectivity index (χ0) is 20.6. The van der Waals surface area contributed by atoms with E-state index in [0.29, 0.717) is 18.2 Å². The minimum atomic E-state index is 0.144. The van der Waals surface area contributed by atoms with Gasteiger partial charge in [0.1, 0.15) is 0 Å². The van der Waals surface area contributed by atoms with E-state index >= 15 is 0 Å². The van der Waals surface area contributed by atoms with Crippen LogP contribution in [0.15, 0.2) is 30.5 Å². The number of rotatable bonds is 4. The molecule has 1 spiro atoms. The predicted octanol–water partition coefficient (Wildman–Crippen LogP) is 4.59. The van der Waals surface area contributed by atoms with Gasteiger partial charge in [-0.15, -0.1) is 0 Å².